The maximum atomic E-state index is 12.1. The summed E-state index contributed by atoms with van der Waals surface area (Å²) in [6.07, 6.45) is 3.34. The van der Waals surface area contributed by atoms with Crippen molar-refractivity contribution in [1.82, 2.24) is 5.32 Å². The van der Waals surface area contributed by atoms with Gasteiger partial charge in [-0.05, 0) is 43.9 Å². The highest BCUT2D eigenvalue weighted by Crippen LogP contribution is 2.24. The van der Waals surface area contributed by atoms with Crippen LogP contribution in [-0.4, -0.2) is 30.3 Å². The lowest BCUT2D eigenvalue weighted by Crippen LogP contribution is -2.39. The second-order valence-corrected chi connectivity index (χ2v) is 6.12. The molecule has 4 nitrogen and oxygen atoms in total. The summed E-state index contributed by atoms with van der Waals surface area (Å²) in [5, 5.41) is 12.5. The average Bonchev–Trinajstić information content (AvgIpc) is 2.41. The second kappa shape index (κ2) is 7.09. The summed E-state index contributed by atoms with van der Waals surface area (Å²) in [4.78, 5) is 12.1. The number of benzene rings is 1. The van der Waals surface area contributed by atoms with E-state index in [0.29, 0.717) is 6.42 Å². The predicted molar refractivity (Wildman–Crippen MR) is 80.8 cm³/mol. The van der Waals surface area contributed by atoms with Crippen molar-refractivity contribution in [2.24, 2.45) is 0 Å². The lowest BCUT2D eigenvalue weighted by Gasteiger charge is -2.26. The van der Waals surface area contributed by atoms with Crippen LogP contribution in [0.4, 0.5) is 0 Å². The van der Waals surface area contributed by atoms with Gasteiger partial charge < -0.3 is 15.2 Å². The number of hydrogen-bond acceptors (Lipinski definition) is 3. The Balaban J connectivity index is 1.92. The van der Waals surface area contributed by atoms with Crippen molar-refractivity contribution in [1.29, 1.82) is 0 Å². The normalized spacial score (nSPS) is 22.4. The van der Waals surface area contributed by atoms with Crippen LogP contribution in [0.3, 0.4) is 0 Å². The molecular weight excluding hydrogens is 322 g/mol. The number of aliphatic hydroxyl groups is 1. The van der Waals surface area contributed by atoms with E-state index in [2.05, 4.69) is 21.2 Å². The molecule has 0 aliphatic heterocycles. The number of halogens is 1. The van der Waals surface area contributed by atoms with Gasteiger partial charge in [0.05, 0.1) is 19.6 Å². The molecule has 1 amide bonds. The van der Waals surface area contributed by atoms with Gasteiger partial charge in [0, 0.05) is 16.1 Å². The minimum absolute atomic E-state index is 0.00258. The summed E-state index contributed by atoms with van der Waals surface area (Å²) >= 11 is 3.41. The standard InChI is InChI=1S/C15H20BrNO3/c1-20-14-7-2-11(16)8-10(14)9-15(19)17-12-3-5-13(18)6-4-12/h2,7-8,12-13,18H,3-6,9H2,1H3,(H,17,19). The average molecular weight is 342 g/mol. The lowest BCUT2D eigenvalue weighted by molar-refractivity contribution is -0.121. The van der Waals surface area contributed by atoms with Gasteiger partial charge >= 0.3 is 0 Å². The van der Waals surface area contributed by atoms with Crippen LogP contribution in [0.1, 0.15) is 31.2 Å². The van der Waals surface area contributed by atoms with E-state index in [1.54, 1.807) is 7.11 Å². The summed E-state index contributed by atoms with van der Waals surface area (Å²) in [6.45, 7) is 0. The van der Waals surface area contributed by atoms with E-state index >= 15 is 0 Å². The van der Waals surface area contributed by atoms with Gasteiger partial charge in [0.25, 0.3) is 0 Å². The van der Waals surface area contributed by atoms with Crippen LogP contribution in [-0.2, 0) is 11.2 Å². The number of nitrogens with one attached hydrogen (secondary N) is 1. The highest BCUT2D eigenvalue weighted by molar-refractivity contribution is 9.10. The largest absolute Gasteiger partial charge is 0.496 e. The molecule has 1 aromatic rings. The van der Waals surface area contributed by atoms with Crippen molar-refractivity contribution < 1.29 is 14.6 Å². The molecule has 2 rings (SSSR count). The highest BCUT2D eigenvalue weighted by atomic mass is 79.9. The lowest BCUT2D eigenvalue weighted by atomic mass is 9.93. The molecule has 1 aromatic carbocycles. The van der Waals surface area contributed by atoms with Crippen molar-refractivity contribution in [3.8, 4) is 5.75 Å². The Labute approximate surface area is 127 Å². The van der Waals surface area contributed by atoms with Gasteiger partial charge in [0.1, 0.15) is 5.75 Å². The Hall–Kier alpha value is -1.07. The molecule has 0 spiro atoms. The van der Waals surface area contributed by atoms with E-state index < -0.39 is 0 Å². The van der Waals surface area contributed by atoms with Crippen molar-refractivity contribution >= 4 is 21.8 Å². The van der Waals surface area contributed by atoms with E-state index in [1.807, 2.05) is 18.2 Å². The minimum atomic E-state index is -0.201. The molecule has 0 unspecified atom stereocenters. The Bertz CT molecular complexity index is 470. The number of amides is 1. The zero-order valence-electron chi connectivity index (χ0n) is 11.6. The summed E-state index contributed by atoms with van der Waals surface area (Å²) in [6, 6.07) is 5.83. The van der Waals surface area contributed by atoms with E-state index in [0.717, 1.165) is 41.5 Å². The van der Waals surface area contributed by atoms with Crippen LogP contribution in [0.25, 0.3) is 0 Å². The minimum Gasteiger partial charge on any atom is -0.496 e. The fraction of sp³-hybridized carbons (Fsp3) is 0.533. The third-order valence-electron chi connectivity index (χ3n) is 3.66. The highest BCUT2D eigenvalue weighted by Gasteiger charge is 2.21. The number of rotatable bonds is 4. The van der Waals surface area contributed by atoms with E-state index in [1.165, 1.54) is 0 Å². The van der Waals surface area contributed by atoms with Crippen molar-refractivity contribution in [3.63, 3.8) is 0 Å². The maximum Gasteiger partial charge on any atom is 0.224 e. The van der Waals surface area contributed by atoms with Gasteiger partial charge in [-0.1, -0.05) is 15.9 Å². The molecule has 0 heterocycles. The number of methoxy groups -OCH3 is 1. The molecule has 1 aliphatic carbocycles. The zero-order valence-corrected chi connectivity index (χ0v) is 13.1. The van der Waals surface area contributed by atoms with Gasteiger partial charge in [0.15, 0.2) is 0 Å². The van der Waals surface area contributed by atoms with Crippen LogP contribution in [0, 0.1) is 0 Å². The number of hydrogen-bond donors (Lipinski definition) is 2. The van der Waals surface area contributed by atoms with Crippen LogP contribution in [0.5, 0.6) is 5.75 Å². The van der Waals surface area contributed by atoms with Gasteiger partial charge in [-0.15, -0.1) is 0 Å². The fourth-order valence-electron chi connectivity index (χ4n) is 2.56. The van der Waals surface area contributed by atoms with Gasteiger partial charge in [-0.25, -0.2) is 0 Å². The molecule has 2 N–H and O–H groups in total. The molecular formula is C15H20BrNO3. The zero-order chi connectivity index (χ0) is 14.5. The second-order valence-electron chi connectivity index (χ2n) is 5.21. The molecule has 1 aliphatic rings. The monoisotopic (exact) mass is 341 g/mol. The SMILES string of the molecule is COc1ccc(Br)cc1CC(=O)NC1CCC(O)CC1. The smallest absolute Gasteiger partial charge is 0.224 e. The topological polar surface area (TPSA) is 58.6 Å². The Morgan fingerprint density at radius 1 is 1.40 bits per heavy atom. The molecule has 20 heavy (non-hydrogen) atoms. The molecule has 0 aromatic heterocycles. The molecule has 0 bridgehead atoms. The van der Waals surface area contributed by atoms with Crippen LogP contribution < -0.4 is 10.1 Å². The van der Waals surface area contributed by atoms with Crippen molar-refractivity contribution in [3.05, 3.63) is 28.2 Å². The first-order valence-corrected chi connectivity index (χ1v) is 7.67. The molecule has 0 atom stereocenters. The summed E-state index contributed by atoms with van der Waals surface area (Å²) in [5.74, 6) is 0.727. The maximum absolute atomic E-state index is 12.1. The first-order chi connectivity index (χ1) is 9.58. The molecule has 1 fully saturated rings. The predicted octanol–water partition coefficient (Wildman–Crippen LogP) is 2.42. The van der Waals surface area contributed by atoms with Gasteiger partial charge in [-0.3, -0.25) is 4.79 Å². The third kappa shape index (κ3) is 4.21. The van der Waals surface area contributed by atoms with Crippen LogP contribution >= 0.6 is 15.9 Å². The fourth-order valence-corrected chi connectivity index (χ4v) is 2.97. The van der Waals surface area contributed by atoms with E-state index in [9.17, 15) is 9.90 Å². The number of carbonyl (C=O) groups excluding carboxylic acids is 1. The Morgan fingerprint density at radius 2 is 2.10 bits per heavy atom. The van der Waals surface area contributed by atoms with E-state index in [-0.39, 0.29) is 18.1 Å². The van der Waals surface area contributed by atoms with E-state index in [4.69, 9.17) is 4.74 Å². The van der Waals surface area contributed by atoms with Crippen LogP contribution in [0.2, 0.25) is 0 Å². The number of carbonyl (C=O) groups is 1. The van der Waals surface area contributed by atoms with Gasteiger partial charge in [-0.2, -0.15) is 0 Å². The molecule has 110 valence electrons. The third-order valence-corrected chi connectivity index (χ3v) is 4.15. The Morgan fingerprint density at radius 3 is 2.75 bits per heavy atom. The van der Waals surface area contributed by atoms with Crippen molar-refractivity contribution in [2.45, 2.75) is 44.2 Å². The molecule has 0 saturated heterocycles. The molecule has 5 heteroatoms. The first-order valence-electron chi connectivity index (χ1n) is 6.88. The first kappa shape index (κ1) is 15.3. The summed E-state index contributed by atoms with van der Waals surface area (Å²) in [7, 11) is 1.60. The number of ether oxygens (including phenoxy) is 1. The molecule has 1 saturated carbocycles. The summed E-state index contributed by atoms with van der Waals surface area (Å²) < 4.78 is 6.20. The molecule has 0 radical (unpaired) electrons. The quantitative estimate of drug-likeness (QED) is 0.884. The summed E-state index contributed by atoms with van der Waals surface area (Å²) in [5.41, 5.74) is 0.871. The van der Waals surface area contributed by atoms with Crippen molar-refractivity contribution in [2.75, 3.05) is 7.11 Å². The van der Waals surface area contributed by atoms with Gasteiger partial charge in [0.2, 0.25) is 5.91 Å². The Kier molecular flexibility index (Phi) is 5.43. The number of aliphatic hydroxyl groups excluding tert-OH is 1. The van der Waals surface area contributed by atoms with Crippen LogP contribution in [0.15, 0.2) is 22.7 Å².